The molecule has 1 aliphatic rings. The number of hydrogen-bond acceptors (Lipinski definition) is 5. The number of anilines is 1. The van der Waals surface area contributed by atoms with Crippen LogP contribution in [0.15, 0.2) is 60.0 Å². The molecule has 0 bridgehead atoms. The Labute approximate surface area is 184 Å². The first-order valence-electron chi connectivity index (χ1n) is 9.91. The third kappa shape index (κ3) is 5.49. The maximum absolute atomic E-state index is 12.5. The lowest BCUT2D eigenvalue weighted by molar-refractivity contribution is -0.130. The van der Waals surface area contributed by atoms with Gasteiger partial charge in [-0.05, 0) is 23.3 Å². The highest BCUT2D eigenvalue weighted by atomic mass is 32.2. The van der Waals surface area contributed by atoms with Gasteiger partial charge in [-0.25, -0.2) is 4.98 Å². The molecule has 1 aliphatic heterocycles. The van der Waals surface area contributed by atoms with E-state index in [4.69, 9.17) is 0 Å². The van der Waals surface area contributed by atoms with Crippen molar-refractivity contribution in [2.45, 2.75) is 12.8 Å². The Kier molecular flexibility index (Phi) is 6.81. The van der Waals surface area contributed by atoms with Gasteiger partial charge in [-0.15, -0.1) is 11.3 Å². The first-order valence-corrected chi connectivity index (χ1v) is 11.9. The van der Waals surface area contributed by atoms with Gasteiger partial charge in [-0.1, -0.05) is 42.5 Å². The average Bonchev–Trinajstić information content (AvgIpc) is 3.25. The molecule has 0 aliphatic carbocycles. The molecule has 0 saturated carbocycles. The number of benzene rings is 2. The van der Waals surface area contributed by atoms with E-state index >= 15 is 0 Å². The molecule has 2 amide bonds. The number of nitrogens with one attached hydrogen (secondary N) is 1. The summed E-state index contributed by atoms with van der Waals surface area (Å²) in [5.74, 6) is 1.97. The van der Waals surface area contributed by atoms with E-state index in [0.29, 0.717) is 17.8 Å². The molecule has 2 aromatic carbocycles. The van der Waals surface area contributed by atoms with Gasteiger partial charge in [-0.2, -0.15) is 11.8 Å². The van der Waals surface area contributed by atoms with Gasteiger partial charge in [0.05, 0.1) is 11.4 Å². The van der Waals surface area contributed by atoms with Crippen LogP contribution in [0.4, 0.5) is 5.69 Å². The molecule has 3 aromatic rings. The normalized spacial score (nSPS) is 13.8. The largest absolute Gasteiger partial charge is 0.341 e. The predicted molar refractivity (Wildman–Crippen MR) is 123 cm³/mol. The van der Waals surface area contributed by atoms with Crippen molar-refractivity contribution >= 4 is 40.6 Å². The molecule has 1 aromatic heterocycles. The molecule has 0 atom stereocenters. The van der Waals surface area contributed by atoms with Crippen LogP contribution in [0.1, 0.15) is 26.6 Å². The standard InChI is InChI=1S/C23H23N3O2S2/c27-22(26-10-12-29-13-11-26)15-18-6-8-19(9-7-18)24-23(28)20-16-30-21(25-20)14-17-4-2-1-3-5-17/h1-9,16H,10-15H2,(H,24,28). The van der Waals surface area contributed by atoms with Crippen molar-refractivity contribution in [2.24, 2.45) is 0 Å². The quantitative estimate of drug-likeness (QED) is 0.631. The SMILES string of the molecule is O=C(Nc1ccc(CC(=O)N2CCSCC2)cc1)c1csc(Cc2ccccc2)n1. The number of aromatic nitrogens is 1. The fraction of sp³-hybridized carbons (Fsp3) is 0.261. The first-order chi connectivity index (χ1) is 14.7. The highest BCUT2D eigenvalue weighted by molar-refractivity contribution is 7.99. The fourth-order valence-electron chi connectivity index (χ4n) is 3.27. The molecule has 5 nitrogen and oxygen atoms in total. The van der Waals surface area contributed by atoms with Crippen LogP contribution in [-0.4, -0.2) is 46.3 Å². The number of carbonyl (C=O) groups excluding carboxylic acids is 2. The molecule has 7 heteroatoms. The second-order valence-electron chi connectivity index (χ2n) is 7.11. The molecule has 0 radical (unpaired) electrons. The summed E-state index contributed by atoms with van der Waals surface area (Å²) in [6.07, 6.45) is 1.12. The average molecular weight is 438 g/mol. The molecule has 4 rings (SSSR count). The molecule has 1 N–H and O–H groups in total. The zero-order valence-corrected chi connectivity index (χ0v) is 18.2. The van der Waals surface area contributed by atoms with Gasteiger partial charge in [-0.3, -0.25) is 9.59 Å². The lowest BCUT2D eigenvalue weighted by atomic mass is 10.1. The molecule has 30 heavy (non-hydrogen) atoms. The minimum Gasteiger partial charge on any atom is -0.341 e. The van der Waals surface area contributed by atoms with Gasteiger partial charge in [0.1, 0.15) is 5.69 Å². The zero-order valence-electron chi connectivity index (χ0n) is 16.5. The summed E-state index contributed by atoms with van der Waals surface area (Å²) in [6.45, 7) is 1.66. The number of thiazole rings is 1. The number of hydrogen-bond donors (Lipinski definition) is 1. The summed E-state index contributed by atoms with van der Waals surface area (Å²) in [4.78, 5) is 31.3. The summed E-state index contributed by atoms with van der Waals surface area (Å²) in [5.41, 5.74) is 3.25. The van der Waals surface area contributed by atoms with Crippen molar-refractivity contribution in [1.82, 2.24) is 9.88 Å². The topological polar surface area (TPSA) is 62.3 Å². The van der Waals surface area contributed by atoms with Crippen LogP contribution in [0.5, 0.6) is 0 Å². The number of rotatable bonds is 6. The Morgan fingerprint density at radius 1 is 0.967 bits per heavy atom. The van der Waals surface area contributed by atoms with E-state index in [1.807, 2.05) is 59.1 Å². The zero-order chi connectivity index (χ0) is 20.8. The van der Waals surface area contributed by atoms with Crippen molar-refractivity contribution < 1.29 is 9.59 Å². The van der Waals surface area contributed by atoms with Crippen molar-refractivity contribution in [2.75, 3.05) is 29.9 Å². The second kappa shape index (κ2) is 9.91. The van der Waals surface area contributed by atoms with E-state index in [0.717, 1.165) is 41.6 Å². The molecule has 1 saturated heterocycles. The summed E-state index contributed by atoms with van der Waals surface area (Å²) in [7, 11) is 0. The summed E-state index contributed by atoms with van der Waals surface area (Å²) in [6, 6.07) is 17.6. The second-order valence-corrected chi connectivity index (χ2v) is 9.28. The van der Waals surface area contributed by atoms with Crippen LogP contribution in [-0.2, 0) is 17.6 Å². The Bertz CT molecular complexity index is 997. The maximum Gasteiger partial charge on any atom is 0.275 e. The van der Waals surface area contributed by atoms with Gasteiger partial charge in [0.2, 0.25) is 5.91 Å². The van der Waals surface area contributed by atoms with E-state index in [1.165, 1.54) is 16.9 Å². The minimum atomic E-state index is -0.222. The Morgan fingerprint density at radius 3 is 2.43 bits per heavy atom. The lowest BCUT2D eigenvalue weighted by Gasteiger charge is -2.26. The van der Waals surface area contributed by atoms with E-state index < -0.39 is 0 Å². The van der Waals surface area contributed by atoms with Crippen molar-refractivity contribution in [3.63, 3.8) is 0 Å². The maximum atomic E-state index is 12.5. The fourth-order valence-corrected chi connectivity index (χ4v) is 4.98. The summed E-state index contributed by atoms with van der Waals surface area (Å²) >= 11 is 3.38. The van der Waals surface area contributed by atoms with E-state index in [-0.39, 0.29) is 11.8 Å². The molecule has 2 heterocycles. The van der Waals surface area contributed by atoms with Gasteiger partial charge in [0, 0.05) is 42.1 Å². The molecule has 0 spiro atoms. The van der Waals surface area contributed by atoms with Crippen LogP contribution >= 0.6 is 23.1 Å². The number of carbonyl (C=O) groups is 2. The number of thioether (sulfide) groups is 1. The monoisotopic (exact) mass is 437 g/mol. The van der Waals surface area contributed by atoms with E-state index in [2.05, 4.69) is 22.4 Å². The van der Waals surface area contributed by atoms with Crippen molar-refractivity contribution in [3.8, 4) is 0 Å². The number of amides is 2. The van der Waals surface area contributed by atoms with E-state index in [9.17, 15) is 9.59 Å². The Balaban J connectivity index is 1.32. The van der Waals surface area contributed by atoms with Gasteiger partial charge in [0.15, 0.2) is 0 Å². The predicted octanol–water partition coefficient (Wildman–Crippen LogP) is 4.10. The molecule has 0 unspecified atom stereocenters. The van der Waals surface area contributed by atoms with Crippen molar-refractivity contribution in [3.05, 3.63) is 81.8 Å². The van der Waals surface area contributed by atoms with Gasteiger partial charge >= 0.3 is 0 Å². The Hall–Kier alpha value is -2.64. The van der Waals surface area contributed by atoms with Crippen LogP contribution in [0.2, 0.25) is 0 Å². The van der Waals surface area contributed by atoms with Crippen LogP contribution in [0.3, 0.4) is 0 Å². The molecular formula is C23H23N3O2S2. The third-order valence-electron chi connectivity index (χ3n) is 4.91. The minimum absolute atomic E-state index is 0.167. The molecular weight excluding hydrogens is 414 g/mol. The Morgan fingerprint density at radius 2 is 1.70 bits per heavy atom. The smallest absolute Gasteiger partial charge is 0.275 e. The highest BCUT2D eigenvalue weighted by Gasteiger charge is 2.17. The van der Waals surface area contributed by atoms with Crippen molar-refractivity contribution in [1.29, 1.82) is 0 Å². The van der Waals surface area contributed by atoms with Gasteiger partial charge in [0.25, 0.3) is 5.91 Å². The highest BCUT2D eigenvalue weighted by Crippen LogP contribution is 2.17. The summed E-state index contributed by atoms with van der Waals surface area (Å²) < 4.78 is 0. The van der Waals surface area contributed by atoms with Crippen LogP contribution in [0.25, 0.3) is 0 Å². The number of nitrogens with zero attached hydrogens (tertiary/aromatic N) is 2. The lowest BCUT2D eigenvalue weighted by Crippen LogP contribution is -2.38. The molecule has 1 fully saturated rings. The summed E-state index contributed by atoms with van der Waals surface area (Å²) in [5, 5.41) is 5.59. The van der Waals surface area contributed by atoms with Gasteiger partial charge < -0.3 is 10.2 Å². The van der Waals surface area contributed by atoms with E-state index in [1.54, 1.807) is 5.38 Å². The first kappa shape index (κ1) is 20.6. The molecule has 154 valence electrons. The van der Waals surface area contributed by atoms with Crippen LogP contribution in [0, 0.1) is 0 Å². The third-order valence-corrected chi connectivity index (χ3v) is 6.70. The van der Waals surface area contributed by atoms with Crippen LogP contribution < -0.4 is 5.32 Å².